The van der Waals surface area contributed by atoms with Crippen molar-refractivity contribution < 1.29 is 14.5 Å². The molecule has 3 rings (SSSR count). The Kier molecular flexibility index (Phi) is 1.57. The fourth-order valence-corrected chi connectivity index (χ4v) is 1.77. The molecule has 3 aromatic rings. The molecule has 0 amide bonds. The van der Waals surface area contributed by atoms with Gasteiger partial charge in [0.15, 0.2) is 16.9 Å². The van der Waals surface area contributed by atoms with Crippen LogP contribution >= 0.6 is 0 Å². The predicted octanol–water partition coefficient (Wildman–Crippen LogP) is 0.966. The molecule has 0 saturated carbocycles. The Bertz CT molecular complexity index is 708. The van der Waals surface area contributed by atoms with Crippen molar-refractivity contribution in [2.24, 2.45) is 0 Å². The molecule has 0 aliphatic rings. The molecular formula is C10H6FN3O2. The molecular weight excluding hydrogens is 213 g/mol. The minimum Gasteiger partial charge on any atom is -0.570 e. The third kappa shape index (κ3) is 0.979. The highest BCUT2D eigenvalue weighted by Crippen LogP contribution is 2.22. The lowest BCUT2D eigenvalue weighted by Gasteiger charge is -2.00. The van der Waals surface area contributed by atoms with Gasteiger partial charge >= 0.3 is 5.88 Å². The van der Waals surface area contributed by atoms with Gasteiger partial charge in [-0.25, -0.2) is 4.39 Å². The Morgan fingerprint density at radius 2 is 2.12 bits per heavy atom. The van der Waals surface area contributed by atoms with E-state index in [1.807, 2.05) is 0 Å². The lowest BCUT2D eigenvalue weighted by Crippen LogP contribution is -2.36. The van der Waals surface area contributed by atoms with Crippen molar-refractivity contribution in [3.05, 3.63) is 41.4 Å². The number of halogens is 1. The molecule has 0 spiro atoms. The van der Waals surface area contributed by atoms with Gasteiger partial charge in [0.05, 0.1) is 10.1 Å². The Morgan fingerprint density at radius 1 is 1.31 bits per heavy atom. The standard InChI is InChI=1S/C10H6FN3O2/c11-7-3-1-2-6-4-5-8-10(15)12-14(16)13(8)9(6)7/h1-5,15H. The summed E-state index contributed by atoms with van der Waals surface area (Å²) in [5.74, 6) is -0.953. The highest BCUT2D eigenvalue weighted by Gasteiger charge is 2.17. The van der Waals surface area contributed by atoms with Crippen LogP contribution in [0, 0.1) is 11.0 Å². The molecule has 16 heavy (non-hydrogen) atoms. The maximum absolute atomic E-state index is 13.6. The Balaban J connectivity index is 2.67. The Morgan fingerprint density at radius 3 is 2.94 bits per heavy atom. The molecule has 0 atom stereocenters. The number of aromatic hydroxyl groups is 1. The largest absolute Gasteiger partial charge is 0.570 e. The first kappa shape index (κ1) is 8.90. The first-order valence-corrected chi connectivity index (χ1v) is 4.57. The summed E-state index contributed by atoms with van der Waals surface area (Å²) in [6, 6.07) is 7.61. The minimum absolute atomic E-state index is 0.0998. The average Bonchev–Trinajstić information content (AvgIpc) is 2.55. The molecule has 0 aliphatic carbocycles. The summed E-state index contributed by atoms with van der Waals surface area (Å²) in [6.07, 6.45) is 0. The van der Waals surface area contributed by atoms with Crippen LogP contribution in [0.1, 0.15) is 0 Å². The van der Waals surface area contributed by atoms with E-state index in [1.54, 1.807) is 18.2 Å². The van der Waals surface area contributed by atoms with Crippen LogP contribution in [0.5, 0.6) is 5.88 Å². The summed E-state index contributed by atoms with van der Waals surface area (Å²) in [7, 11) is 0. The second-order valence-corrected chi connectivity index (χ2v) is 3.38. The van der Waals surface area contributed by atoms with Crippen molar-refractivity contribution in [3.63, 3.8) is 0 Å². The first-order chi connectivity index (χ1) is 7.68. The lowest BCUT2D eigenvalue weighted by molar-refractivity contribution is -0.731. The molecule has 0 radical (unpaired) electrons. The Hall–Kier alpha value is -2.37. The number of rotatable bonds is 0. The number of benzene rings is 1. The fraction of sp³-hybridized carbons (Fsp3) is 0. The SMILES string of the molecule is [O-][n+]1nc(O)c2ccc3cccc(F)c3n21. The normalized spacial score (nSPS) is 11.3. The van der Waals surface area contributed by atoms with Crippen molar-refractivity contribution >= 4 is 16.4 Å². The number of nitrogens with zero attached hydrogens (tertiary/aromatic N) is 3. The zero-order valence-electron chi connectivity index (χ0n) is 7.96. The number of aromatic nitrogens is 3. The molecule has 1 aromatic carbocycles. The molecule has 2 heterocycles. The zero-order valence-corrected chi connectivity index (χ0v) is 7.96. The number of fused-ring (bicyclic) bond motifs is 3. The van der Waals surface area contributed by atoms with E-state index in [2.05, 4.69) is 5.10 Å². The highest BCUT2D eigenvalue weighted by atomic mass is 19.1. The van der Waals surface area contributed by atoms with Gasteiger partial charge in [-0.1, -0.05) is 22.7 Å². The van der Waals surface area contributed by atoms with Gasteiger partial charge in [0.1, 0.15) is 0 Å². The lowest BCUT2D eigenvalue weighted by atomic mass is 10.2. The topological polar surface area (TPSA) is 64.5 Å². The van der Waals surface area contributed by atoms with Crippen molar-refractivity contribution in [1.29, 1.82) is 0 Å². The van der Waals surface area contributed by atoms with E-state index in [0.717, 1.165) is 4.52 Å². The molecule has 2 aromatic heterocycles. The summed E-state index contributed by atoms with van der Waals surface area (Å²) in [4.78, 5) is 0.163. The van der Waals surface area contributed by atoms with Crippen molar-refractivity contribution in [3.8, 4) is 5.88 Å². The summed E-state index contributed by atoms with van der Waals surface area (Å²) < 4.78 is 14.6. The molecule has 0 aliphatic heterocycles. The van der Waals surface area contributed by atoms with Gasteiger partial charge in [0.25, 0.3) is 0 Å². The van der Waals surface area contributed by atoms with Gasteiger partial charge in [-0.15, -0.1) is 0 Å². The second-order valence-electron chi connectivity index (χ2n) is 3.38. The summed E-state index contributed by atoms with van der Waals surface area (Å²) in [5, 5.41) is 24.6. The first-order valence-electron chi connectivity index (χ1n) is 4.57. The van der Waals surface area contributed by atoms with Crippen LogP contribution in [-0.4, -0.2) is 14.7 Å². The van der Waals surface area contributed by atoms with Crippen LogP contribution in [0.2, 0.25) is 0 Å². The molecule has 0 fully saturated rings. The third-order valence-electron chi connectivity index (χ3n) is 2.46. The highest BCUT2D eigenvalue weighted by molar-refractivity contribution is 5.83. The van der Waals surface area contributed by atoms with Crippen LogP contribution < -0.4 is 4.96 Å². The predicted molar refractivity (Wildman–Crippen MR) is 53.3 cm³/mol. The van der Waals surface area contributed by atoms with Gasteiger partial charge in [0, 0.05) is 5.39 Å². The summed E-state index contributed by atoms with van der Waals surface area (Å²) >= 11 is 0. The smallest absolute Gasteiger partial charge is 0.311 e. The van der Waals surface area contributed by atoms with Crippen LogP contribution in [0.15, 0.2) is 30.3 Å². The van der Waals surface area contributed by atoms with E-state index in [0.29, 0.717) is 5.39 Å². The Labute approximate surface area is 88.5 Å². The van der Waals surface area contributed by atoms with Gasteiger partial charge in [0.2, 0.25) is 0 Å². The van der Waals surface area contributed by atoms with Crippen LogP contribution in [0.3, 0.4) is 0 Å². The second kappa shape index (κ2) is 2.82. The molecule has 6 heteroatoms. The molecule has 0 saturated heterocycles. The zero-order chi connectivity index (χ0) is 11.3. The number of para-hydroxylation sites is 1. The van der Waals surface area contributed by atoms with E-state index in [9.17, 15) is 14.7 Å². The van der Waals surface area contributed by atoms with Crippen molar-refractivity contribution in [1.82, 2.24) is 9.61 Å². The number of hydrogen-bond donors (Lipinski definition) is 1. The van der Waals surface area contributed by atoms with Gasteiger partial charge in [-0.05, 0) is 12.1 Å². The number of pyridine rings is 1. The molecule has 80 valence electrons. The number of hydrogen-bond acceptors (Lipinski definition) is 3. The molecule has 0 bridgehead atoms. The van der Waals surface area contributed by atoms with Crippen LogP contribution in [0.4, 0.5) is 4.39 Å². The summed E-state index contributed by atoms with van der Waals surface area (Å²) in [6.45, 7) is 0. The van der Waals surface area contributed by atoms with Gasteiger partial charge in [-0.2, -0.15) is 0 Å². The van der Waals surface area contributed by atoms with Crippen molar-refractivity contribution in [2.75, 3.05) is 0 Å². The van der Waals surface area contributed by atoms with Gasteiger partial charge in [-0.3, -0.25) is 0 Å². The van der Waals surface area contributed by atoms with E-state index in [4.69, 9.17) is 0 Å². The van der Waals surface area contributed by atoms with E-state index in [1.165, 1.54) is 12.1 Å². The molecule has 5 nitrogen and oxygen atoms in total. The molecule has 1 N–H and O–H groups in total. The van der Waals surface area contributed by atoms with Crippen LogP contribution in [-0.2, 0) is 0 Å². The van der Waals surface area contributed by atoms with Crippen LogP contribution in [0.25, 0.3) is 16.4 Å². The van der Waals surface area contributed by atoms with Gasteiger partial charge < -0.3 is 10.3 Å². The monoisotopic (exact) mass is 219 g/mol. The average molecular weight is 219 g/mol. The minimum atomic E-state index is -0.537. The molecule has 0 unspecified atom stereocenters. The van der Waals surface area contributed by atoms with E-state index in [-0.39, 0.29) is 16.0 Å². The van der Waals surface area contributed by atoms with E-state index >= 15 is 0 Å². The third-order valence-corrected chi connectivity index (χ3v) is 2.46. The quantitative estimate of drug-likeness (QED) is 0.452. The summed E-state index contributed by atoms with van der Waals surface area (Å²) in [5.41, 5.74) is 0.274. The van der Waals surface area contributed by atoms with Crippen molar-refractivity contribution in [2.45, 2.75) is 0 Å². The maximum Gasteiger partial charge on any atom is 0.311 e. The maximum atomic E-state index is 13.6. The fourth-order valence-electron chi connectivity index (χ4n) is 1.77. The van der Waals surface area contributed by atoms with E-state index < -0.39 is 11.7 Å².